The van der Waals surface area contributed by atoms with Gasteiger partial charge < -0.3 is 25.2 Å². The van der Waals surface area contributed by atoms with Gasteiger partial charge in [0.25, 0.3) is 5.91 Å². The Morgan fingerprint density at radius 3 is 2.02 bits per heavy atom. The molecule has 0 radical (unpaired) electrons. The third kappa shape index (κ3) is 7.59. The third-order valence-corrected chi connectivity index (χ3v) is 6.53. The lowest BCUT2D eigenvalue weighted by atomic mass is 9.74. The number of nitrogens with zero attached hydrogens (tertiary/aromatic N) is 2. The molecule has 1 fully saturated rings. The first kappa shape index (κ1) is 29.1. The molecule has 1 aliphatic rings. The van der Waals surface area contributed by atoms with E-state index in [0.717, 1.165) is 12.8 Å². The largest absolute Gasteiger partial charge is 0.486 e. The van der Waals surface area contributed by atoms with Crippen molar-refractivity contribution >= 4 is 29.1 Å². The van der Waals surface area contributed by atoms with Crippen LogP contribution in [0.15, 0.2) is 53.2 Å². The number of ether oxygens (including phenoxy) is 1. The minimum atomic E-state index is -0.456. The minimum Gasteiger partial charge on any atom is -0.486 e. The summed E-state index contributed by atoms with van der Waals surface area (Å²) in [6.45, 7) is 16.8. The quantitative estimate of drug-likeness (QED) is 0.283. The molecule has 1 saturated heterocycles. The molecular weight excluding hydrogens is 508 g/mol. The molecule has 4 rings (SSSR count). The summed E-state index contributed by atoms with van der Waals surface area (Å²) in [6.07, 6.45) is 3.28. The summed E-state index contributed by atoms with van der Waals surface area (Å²) >= 11 is 0. The van der Waals surface area contributed by atoms with Crippen molar-refractivity contribution in [3.05, 3.63) is 60.1 Å². The molecule has 4 N–H and O–H groups in total. The molecule has 40 heavy (non-hydrogen) atoms. The molecule has 0 saturated carbocycles. The zero-order chi connectivity index (χ0) is 29.3. The van der Waals surface area contributed by atoms with Gasteiger partial charge in [-0.05, 0) is 71.0 Å². The number of hydrogen-bond donors (Lipinski definition) is 4. The Labute approximate surface area is 235 Å². The molecule has 1 aliphatic heterocycles. The van der Waals surface area contributed by atoms with Crippen LogP contribution in [0.2, 0.25) is 0 Å². The van der Waals surface area contributed by atoms with Crippen molar-refractivity contribution in [1.82, 2.24) is 15.5 Å². The number of urea groups is 1. The zero-order valence-electron chi connectivity index (χ0n) is 24.6. The second kappa shape index (κ2) is 10.6. The van der Waals surface area contributed by atoms with Gasteiger partial charge in [-0.15, -0.1) is 0 Å². The SMILES string of the molecule is CC1(C)CC(C)(Oc2ccc(C(=O)Nc3ccc(NC(=O)Nc4cc(C(C)(C)C)on4)cc3)nc2)CC(C)(C)N1. The van der Waals surface area contributed by atoms with Gasteiger partial charge in [0.2, 0.25) is 0 Å². The number of carbonyl (C=O) groups is 2. The monoisotopic (exact) mass is 548 g/mol. The maximum absolute atomic E-state index is 12.8. The Kier molecular flexibility index (Phi) is 7.68. The summed E-state index contributed by atoms with van der Waals surface area (Å²) < 4.78 is 11.7. The number of pyridine rings is 1. The number of amides is 3. The normalized spacial score (nSPS) is 17.5. The molecule has 2 aromatic heterocycles. The Morgan fingerprint density at radius 2 is 1.50 bits per heavy atom. The molecule has 3 heterocycles. The van der Waals surface area contributed by atoms with Crippen molar-refractivity contribution in [2.75, 3.05) is 16.0 Å². The van der Waals surface area contributed by atoms with E-state index in [-0.39, 0.29) is 33.7 Å². The highest BCUT2D eigenvalue weighted by Gasteiger charge is 2.46. The first-order valence-corrected chi connectivity index (χ1v) is 13.4. The van der Waals surface area contributed by atoms with Crippen LogP contribution in [0.4, 0.5) is 22.0 Å². The van der Waals surface area contributed by atoms with Crippen molar-refractivity contribution in [2.45, 2.75) is 90.3 Å². The molecule has 3 amide bonds. The molecule has 10 nitrogen and oxygen atoms in total. The molecule has 0 spiro atoms. The number of hydrogen-bond acceptors (Lipinski definition) is 7. The van der Waals surface area contributed by atoms with Gasteiger partial charge in [0.05, 0.1) is 6.20 Å². The van der Waals surface area contributed by atoms with E-state index >= 15 is 0 Å². The van der Waals surface area contributed by atoms with Crippen molar-refractivity contribution in [3.63, 3.8) is 0 Å². The Balaban J connectivity index is 1.31. The van der Waals surface area contributed by atoms with Crippen molar-refractivity contribution in [3.8, 4) is 5.75 Å². The van der Waals surface area contributed by atoms with Gasteiger partial charge >= 0.3 is 6.03 Å². The van der Waals surface area contributed by atoms with Crippen LogP contribution in [0.3, 0.4) is 0 Å². The van der Waals surface area contributed by atoms with Crippen LogP contribution in [-0.4, -0.2) is 38.8 Å². The lowest BCUT2D eigenvalue weighted by Gasteiger charge is -2.51. The first-order chi connectivity index (χ1) is 18.5. The second-order valence-electron chi connectivity index (χ2n) is 13.1. The summed E-state index contributed by atoms with van der Waals surface area (Å²) in [5.41, 5.74) is 0.684. The van der Waals surface area contributed by atoms with Gasteiger partial charge in [-0.25, -0.2) is 9.78 Å². The number of anilines is 3. The maximum Gasteiger partial charge on any atom is 0.324 e. The van der Waals surface area contributed by atoms with E-state index in [9.17, 15) is 9.59 Å². The predicted molar refractivity (Wildman–Crippen MR) is 156 cm³/mol. The minimum absolute atomic E-state index is 0.0637. The number of aromatic nitrogens is 2. The smallest absolute Gasteiger partial charge is 0.324 e. The number of piperidine rings is 1. The molecular formula is C30H40N6O4. The molecule has 214 valence electrons. The van der Waals surface area contributed by atoms with E-state index in [0.29, 0.717) is 28.7 Å². The van der Waals surface area contributed by atoms with Gasteiger partial charge in [-0.1, -0.05) is 25.9 Å². The average molecular weight is 549 g/mol. The fraction of sp³-hybridized carbons (Fsp3) is 0.467. The van der Waals surface area contributed by atoms with Crippen molar-refractivity contribution in [1.29, 1.82) is 0 Å². The van der Waals surface area contributed by atoms with Crippen LogP contribution in [0.5, 0.6) is 5.75 Å². The molecule has 3 aromatic rings. The van der Waals surface area contributed by atoms with Gasteiger partial charge in [-0.2, -0.15) is 0 Å². The summed E-state index contributed by atoms with van der Waals surface area (Å²) in [4.78, 5) is 29.4. The van der Waals surface area contributed by atoms with Crippen LogP contribution in [0.1, 0.15) is 84.5 Å². The number of nitrogens with one attached hydrogen (secondary N) is 4. The average Bonchev–Trinajstić information content (AvgIpc) is 3.27. The summed E-state index contributed by atoms with van der Waals surface area (Å²) in [6, 6.07) is 11.4. The molecule has 10 heteroatoms. The number of rotatable bonds is 6. The molecule has 0 atom stereocenters. The van der Waals surface area contributed by atoms with E-state index in [2.05, 4.69) is 66.0 Å². The Morgan fingerprint density at radius 1 is 0.900 bits per heavy atom. The van der Waals surface area contributed by atoms with Gasteiger partial charge in [0.1, 0.15) is 22.8 Å². The Bertz CT molecular complexity index is 1340. The van der Waals surface area contributed by atoms with Crippen LogP contribution < -0.4 is 26.0 Å². The Hall–Kier alpha value is -3.92. The highest BCUT2D eigenvalue weighted by atomic mass is 16.5. The van der Waals surface area contributed by atoms with Gasteiger partial charge in [0.15, 0.2) is 5.82 Å². The summed E-state index contributed by atoms with van der Waals surface area (Å²) in [5, 5.41) is 15.7. The predicted octanol–water partition coefficient (Wildman–Crippen LogP) is 6.34. The van der Waals surface area contributed by atoms with E-state index < -0.39 is 6.03 Å². The maximum atomic E-state index is 12.8. The lowest BCUT2D eigenvalue weighted by molar-refractivity contribution is -0.0221. The molecule has 0 aliphatic carbocycles. The topological polar surface area (TPSA) is 130 Å². The van der Waals surface area contributed by atoms with Gasteiger partial charge in [-0.3, -0.25) is 10.1 Å². The molecule has 0 unspecified atom stereocenters. The van der Waals surface area contributed by atoms with Gasteiger partial charge in [0, 0.05) is 46.8 Å². The van der Waals surface area contributed by atoms with E-state index in [1.54, 1.807) is 48.7 Å². The van der Waals surface area contributed by atoms with Crippen LogP contribution in [0.25, 0.3) is 0 Å². The van der Waals surface area contributed by atoms with E-state index in [1.807, 2.05) is 20.8 Å². The fourth-order valence-electron chi connectivity index (χ4n) is 5.67. The molecule has 0 bridgehead atoms. The first-order valence-electron chi connectivity index (χ1n) is 13.4. The van der Waals surface area contributed by atoms with Crippen LogP contribution in [-0.2, 0) is 5.41 Å². The number of benzene rings is 1. The van der Waals surface area contributed by atoms with E-state index in [1.165, 1.54) is 0 Å². The second-order valence-corrected chi connectivity index (χ2v) is 13.1. The summed E-state index contributed by atoms with van der Waals surface area (Å²) in [7, 11) is 0. The summed E-state index contributed by atoms with van der Waals surface area (Å²) in [5.74, 6) is 1.28. The van der Waals surface area contributed by atoms with Crippen LogP contribution >= 0.6 is 0 Å². The van der Waals surface area contributed by atoms with Crippen molar-refractivity contribution in [2.24, 2.45) is 0 Å². The standard InChI is InChI=1S/C30H40N6O4/c1-27(2,3)23-15-24(35-40-23)34-26(38)33-20-11-9-19(10-12-20)32-25(37)22-14-13-21(16-31-22)39-30(8)17-28(4,5)36-29(6,7)18-30/h9-16,36H,17-18H2,1-8H3,(H,32,37)(H2,33,34,35,38). The molecule has 1 aromatic carbocycles. The fourth-order valence-corrected chi connectivity index (χ4v) is 5.67. The highest BCUT2D eigenvalue weighted by Crippen LogP contribution is 2.38. The zero-order valence-corrected chi connectivity index (χ0v) is 24.6. The lowest BCUT2D eigenvalue weighted by Crippen LogP contribution is -2.64. The number of carbonyl (C=O) groups excluding carboxylic acids is 2. The third-order valence-electron chi connectivity index (χ3n) is 6.53. The van der Waals surface area contributed by atoms with Crippen LogP contribution in [0, 0.1) is 0 Å². The van der Waals surface area contributed by atoms with E-state index in [4.69, 9.17) is 9.26 Å². The highest BCUT2D eigenvalue weighted by molar-refractivity contribution is 6.03. The van der Waals surface area contributed by atoms with Crippen molar-refractivity contribution < 1.29 is 18.8 Å².